The largest absolute Gasteiger partial charge is 0.395 e. The predicted octanol–water partition coefficient (Wildman–Crippen LogP) is 2.40. The summed E-state index contributed by atoms with van der Waals surface area (Å²) < 4.78 is 0. The average Bonchev–Trinajstić information content (AvgIpc) is 2.59. The van der Waals surface area contributed by atoms with Gasteiger partial charge in [-0.2, -0.15) is 0 Å². The third-order valence-electron chi connectivity index (χ3n) is 3.25. The molecule has 2 aromatic carbocycles. The van der Waals surface area contributed by atoms with Crippen molar-refractivity contribution in [3.05, 3.63) is 53.4 Å². The number of hydrogen-bond acceptors (Lipinski definition) is 5. The second kappa shape index (κ2) is 7.99. The number of nitrogens with one attached hydrogen (secondary N) is 1. The monoisotopic (exact) mass is 299 g/mol. The molecular formula is C16H19N4O2+. The molecule has 0 aliphatic heterocycles. The molecule has 22 heavy (non-hydrogen) atoms. The molecule has 0 amide bonds. The molecule has 0 aliphatic rings. The summed E-state index contributed by atoms with van der Waals surface area (Å²) in [5.41, 5.74) is 3.02. The molecule has 0 unspecified atom stereocenters. The Balaban J connectivity index is 2.06. The smallest absolute Gasteiger partial charge is 0.229 e. The zero-order valence-electron chi connectivity index (χ0n) is 12.4. The van der Waals surface area contributed by atoms with Crippen LogP contribution in [0.1, 0.15) is 6.92 Å². The highest BCUT2D eigenvalue weighted by Gasteiger charge is 2.04. The maximum Gasteiger partial charge on any atom is 0.229 e. The first-order chi connectivity index (χ1) is 10.8. The number of rotatable bonds is 7. The lowest BCUT2D eigenvalue weighted by atomic mass is 10.2. The van der Waals surface area contributed by atoms with E-state index in [1.807, 2.05) is 31.2 Å². The minimum Gasteiger partial charge on any atom is -0.395 e. The van der Waals surface area contributed by atoms with Crippen LogP contribution in [0.25, 0.3) is 0 Å². The lowest BCUT2D eigenvalue weighted by molar-refractivity contribution is -0.433. The van der Waals surface area contributed by atoms with E-state index >= 15 is 0 Å². The summed E-state index contributed by atoms with van der Waals surface area (Å²) >= 11 is 0. The second-order valence-electron chi connectivity index (χ2n) is 4.68. The molecule has 0 saturated carbocycles. The van der Waals surface area contributed by atoms with Gasteiger partial charge in [0.1, 0.15) is 11.4 Å². The van der Waals surface area contributed by atoms with E-state index in [2.05, 4.69) is 20.3 Å². The van der Waals surface area contributed by atoms with E-state index < -0.39 is 0 Å². The molecule has 6 heteroatoms. The lowest BCUT2D eigenvalue weighted by Crippen LogP contribution is -2.57. The van der Waals surface area contributed by atoms with Crippen LogP contribution in [0.5, 0.6) is 0 Å². The number of nitroso groups, excluding NO2 is 1. The van der Waals surface area contributed by atoms with Crippen molar-refractivity contribution in [3.63, 3.8) is 0 Å². The van der Waals surface area contributed by atoms with Gasteiger partial charge in [0.2, 0.25) is 5.69 Å². The summed E-state index contributed by atoms with van der Waals surface area (Å²) in [6.07, 6.45) is 0. The summed E-state index contributed by atoms with van der Waals surface area (Å²) in [6, 6.07) is 14.5. The van der Waals surface area contributed by atoms with Crippen LogP contribution < -0.4 is 10.0 Å². The lowest BCUT2D eigenvalue weighted by Gasteiger charge is -2.21. The molecule has 2 aromatic rings. The van der Waals surface area contributed by atoms with Gasteiger partial charge in [0, 0.05) is 30.9 Å². The van der Waals surface area contributed by atoms with Gasteiger partial charge in [-0.05, 0) is 53.6 Å². The average molecular weight is 299 g/mol. The highest BCUT2D eigenvalue weighted by atomic mass is 16.3. The Morgan fingerprint density at radius 2 is 1.68 bits per heavy atom. The molecular weight excluding hydrogens is 280 g/mol. The molecule has 0 saturated heterocycles. The minimum atomic E-state index is 0.132. The zero-order chi connectivity index (χ0) is 15.8. The number of benzene rings is 2. The maximum atomic E-state index is 10.3. The van der Waals surface area contributed by atoms with Crippen molar-refractivity contribution in [1.29, 1.82) is 0 Å². The Hall–Kier alpha value is -2.60. The number of nitrogens with zero attached hydrogens (tertiary/aromatic N) is 3. The minimum absolute atomic E-state index is 0.132. The van der Waals surface area contributed by atoms with E-state index in [1.165, 1.54) is 0 Å². The van der Waals surface area contributed by atoms with E-state index in [0.29, 0.717) is 12.2 Å². The number of aliphatic hydroxyl groups excluding tert-OH is 1. The summed E-state index contributed by atoms with van der Waals surface area (Å²) in [5.74, 6) is 0. The van der Waals surface area contributed by atoms with E-state index in [0.717, 1.165) is 23.6 Å². The Morgan fingerprint density at radius 1 is 1.05 bits per heavy atom. The standard InChI is InChI=1S/C16H18N4O2/c1-2-20(11-12-21)16-9-7-14(8-10-16)18-17-13-3-5-15(19-22)6-4-13/h3-10,21H,2,11-12H2,1H3/p+1. The molecule has 0 atom stereocenters. The third kappa shape index (κ3) is 4.20. The molecule has 0 aliphatic carbocycles. The highest BCUT2D eigenvalue weighted by molar-refractivity contribution is 5.52. The number of azo groups is 1. The van der Waals surface area contributed by atoms with Crippen LogP contribution in [0.3, 0.4) is 0 Å². The number of likely N-dealkylation sites (N-methyl/N-ethyl adjacent to an activating group) is 1. The molecule has 0 fully saturated rings. The Labute approximate surface area is 129 Å². The van der Waals surface area contributed by atoms with Crippen LogP contribution >= 0.6 is 0 Å². The van der Waals surface area contributed by atoms with E-state index in [1.54, 1.807) is 24.3 Å². The first-order valence-corrected chi connectivity index (χ1v) is 7.13. The fourth-order valence-electron chi connectivity index (χ4n) is 2.05. The summed E-state index contributed by atoms with van der Waals surface area (Å²) in [7, 11) is 0. The van der Waals surface area contributed by atoms with Gasteiger partial charge in [-0.15, -0.1) is 4.91 Å². The first kappa shape index (κ1) is 15.8. The van der Waals surface area contributed by atoms with Crippen molar-refractivity contribution in [1.82, 2.24) is 0 Å². The molecule has 6 nitrogen and oxygen atoms in total. The van der Waals surface area contributed by atoms with Gasteiger partial charge in [-0.1, -0.05) is 5.11 Å². The highest BCUT2D eigenvalue weighted by Crippen LogP contribution is 2.19. The molecule has 0 aromatic heterocycles. The Bertz CT molecular complexity index is 624. The van der Waals surface area contributed by atoms with Crippen LogP contribution in [0.15, 0.2) is 58.8 Å². The fourth-order valence-corrected chi connectivity index (χ4v) is 2.05. The molecule has 0 radical (unpaired) electrons. The fraction of sp³-hybridized carbons (Fsp3) is 0.250. The van der Waals surface area contributed by atoms with Gasteiger partial charge in [-0.25, -0.2) is 0 Å². The topological polar surface area (TPSA) is 79.2 Å². The SMILES string of the molecule is CCN(CCO)c1ccc(N=[NH+]c2ccc(N=O)cc2)cc1. The number of hydrogen-bond donors (Lipinski definition) is 2. The Kier molecular flexibility index (Phi) is 5.73. The van der Waals surface area contributed by atoms with Crippen LogP contribution in [0.2, 0.25) is 0 Å². The molecule has 2 N–H and O–H groups in total. The van der Waals surface area contributed by atoms with Crippen molar-refractivity contribution in [2.75, 3.05) is 24.6 Å². The number of anilines is 1. The predicted molar refractivity (Wildman–Crippen MR) is 86.0 cm³/mol. The summed E-state index contributed by atoms with van der Waals surface area (Å²) in [5, 5.41) is 19.1. The van der Waals surface area contributed by atoms with Gasteiger partial charge >= 0.3 is 0 Å². The molecule has 0 heterocycles. The van der Waals surface area contributed by atoms with E-state index in [4.69, 9.17) is 5.11 Å². The van der Waals surface area contributed by atoms with Crippen molar-refractivity contribution < 1.29 is 10.2 Å². The molecule has 0 spiro atoms. The summed E-state index contributed by atoms with van der Waals surface area (Å²) in [6.45, 7) is 3.63. The maximum absolute atomic E-state index is 10.3. The van der Waals surface area contributed by atoms with Crippen LogP contribution in [0, 0.1) is 4.91 Å². The first-order valence-electron chi connectivity index (χ1n) is 7.13. The molecule has 0 bridgehead atoms. The zero-order valence-corrected chi connectivity index (χ0v) is 12.4. The van der Waals surface area contributed by atoms with Gasteiger partial charge in [-0.3, -0.25) is 0 Å². The van der Waals surface area contributed by atoms with Gasteiger partial charge in [0.15, 0.2) is 0 Å². The van der Waals surface area contributed by atoms with Gasteiger partial charge in [0.25, 0.3) is 0 Å². The van der Waals surface area contributed by atoms with E-state index in [-0.39, 0.29) is 6.61 Å². The Morgan fingerprint density at radius 3 is 2.23 bits per heavy atom. The van der Waals surface area contributed by atoms with Crippen molar-refractivity contribution in [3.8, 4) is 0 Å². The van der Waals surface area contributed by atoms with Crippen molar-refractivity contribution in [2.24, 2.45) is 10.3 Å². The molecule has 2 rings (SSSR count). The summed E-state index contributed by atoms with van der Waals surface area (Å²) in [4.78, 5) is 12.4. The quantitative estimate of drug-likeness (QED) is 0.608. The van der Waals surface area contributed by atoms with Crippen molar-refractivity contribution in [2.45, 2.75) is 6.92 Å². The van der Waals surface area contributed by atoms with Crippen LogP contribution in [-0.4, -0.2) is 24.8 Å². The van der Waals surface area contributed by atoms with Gasteiger partial charge in [0.05, 0.1) is 6.61 Å². The van der Waals surface area contributed by atoms with Crippen LogP contribution in [-0.2, 0) is 0 Å². The normalized spacial score (nSPS) is 10.8. The number of aliphatic hydroxyl groups is 1. The van der Waals surface area contributed by atoms with Crippen molar-refractivity contribution >= 4 is 22.7 Å². The second-order valence-corrected chi connectivity index (χ2v) is 4.68. The molecule has 114 valence electrons. The van der Waals surface area contributed by atoms with E-state index in [9.17, 15) is 4.91 Å². The van der Waals surface area contributed by atoms with Crippen LogP contribution in [0.4, 0.5) is 22.7 Å². The third-order valence-corrected chi connectivity index (χ3v) is 3.25. The van der Waals surface area contributed by atoms with Gasteiger partial charge < -0.3 is 10.0 Å².